The van der Waals surface area contributed by atoms with Crippen molar-refractivity contribution >= 4 is 35.0 Å². The number of rotatable bonds is 6. The van der Waals surface area contributed by atoms with Gasteiger partial charge in [0, 0.05) is 15.7 Å². The molecule has 0 radical (unpaired) electrons. The van der Waals surface area contributed by atoms with E-state index in [1.54, 1.807) is 23.9 Å². The van der Waals surface area contributed by atoms with Gasteiger partial charge >= 0.3 is 0 Å². The van der Waals surface area contributed by atoms with Gasteiger partial charge in [0.15, 0.2) is 0 Å². The predicted octanol–water partition coefficient (Wildman–Crippen LogP) is 4.37. The Labute approximate surface area is 128 Å². The summed E-state index contributed by atoms with van der Waals surface area (Å²) in [4.78, 5) is 0.937. The number of hydrogen-bond donors (Lipinski definition) is 1. The molecule has 5 heteroatoms. The monoisotopic (exact) mass is 314 g/mol. The summed E-state index contributed by atoms with van der Waals surface area (Å²) >= 11 is 13.7. The molecular weight excluding hydrogens is 299 g/mol. The molecule has 0 aliphatic heterocycles. The molecule has 102 valence electrons. The minimum Gasteiger partial charge on any atom is -0.299 e. The lowest BCUT2D eigenvalue weighted by Gasteiger charge is -2.27. The van der Waals surface area contributed by atoms with Gasteiger partial charge in [-0.05, 0) is 43.5 Å². The third-order valence-electron chi connectivity index (χ3n) is 3.31. The van der Waals surface area contributed by atoms with Crippen LogP contribution in [0.5, 0.6) is 0 Å². The molecule has 1 aromatic carbocycles. The summed E-state index contributed by atoms with van der Waals surface area (Å²) in [5.74, 6) is 1.16. The summed E-state index contributed by atoms with van der Waals surface area (Å²) in [6, 6.07) is 7.90. The molecule has 0 heterocycles. The molecule has 1 N–H and O–H groups in total. The number of halogens is 2. The molecule has 2 rings (SSSR count). The Morgan fingerprint density at radius 3 is 2.79 bits per heavy atom. The van der Waals surface area contributed by atoms with Crippen molar-refractivity contribution in [2.24, 2.45) is 5.92 Å². The third kappa shape index (κ3) is 3.58. The fourth-order valence-corrected chi connectivity index (χ4v) is 3.87. The zero-order valence-corrected chi connectivity index (χ0v) is 13.1. The van der Waals surface area contributed by atoms with E-state index in [1.165, 1.54) is 0 Å². The molecule has 1 aliphatic carbocycles. The molecule has 1 unspecified atom stereocenters. The molecule has 1 aromatic rings. The summed E-state index contributed by atoms with van der Waals surface area (Å²) < 4.78 is 0. The molecule has 0 saturated heterocycles. The highest BCUT2D eigenvalue weighted by atomic mass is 35.5. The second-order valence-corrected chi connectivity index (χ2v) is 6.61. The van der Waals surface area contributed by atoms with E-state index in [0.29, 0.717) is 21.7 Å². The fourth-order valence-electron chi connectivity index (χ4n) is 2.15. The number of nitrogens with zero attached hydrogens (tertiary/aromatic N) is 1. The summed E-state index contributed by atoms with van der Waals surface area (Å²) in [5, 5.41) is 14.2. The fraction of sp³-hybridized carbons (Fsp3) is 0.500. The van der Waals surface area contributed by atoms with Crippen LogP contribution >= 0.6 is 35.0 Å². The predicted molar refractivity (Wildman–Crippen MR) is 81.9 cm³/mol. The summed E-state index contributed by atoms with van der Waals surface area (Å²) in [6.45, 7) is 2.83. The second-order valence-electron chi connectivity index (χ2n) is 4.75. The van der Waals surface area contributed by atoms with Gasteiger partial charge in [0.2, 0.25) is 0 Å². The molecule has 0 aromatic heterocycles. The summed E-state index contributed by atoms with van der Waals surface area (Å²) in [5.41, 5.74) is -0.439. The zero-order chi connectivity index (χ0) is 13.9. The average Bonchev–Trinajstić information content (AvgIpc) is 3.23. The first-order valence-corrected chi connectivity index (χ1v) is 8.09. The maximum Gasteiger partial charge on any atom is 0.119 e. The molecule has 2 nitrogen and oxygen atoms in total. The van der Waals surface area contributed by atoms with E-state index >= 15 is 0 Å². The van der Waals surface area contributed by atoms with Crippen LogP contribution in [0, 0.1) is 17.2 Å². The molecule has 0 bridgehead atoms. The Bertz CT molecular complexity index is 497. The smallest absolute Gasteiger partial charge is 0.119 e. The first-order chi connectivity index (χ1) is 9.11. The maximum absolute atomic E-state index is 9.54. The van der Waals surface area contributed by atoms with Gasteiger partial charge in [-0.15, -0.1) is 11.8 Å². The first-order valence-electron chi connectivity index (χ1n) is 6.35. The second kappa shape index (κ2) is 6.37. The quantitative estimate of drug-likeness (QED) is 0.792. The van der Waals surface area contributed by atoms with Crippen molar-refractivity contribution in [1.82, 2.24) is 5.32 Å². The summed E-state index contributed by atoms with van der Waals surface area (Å²) in [7, 11) is 0. The normalized spacial score (nSPS) is 17.8. The van der Waals surface area contributed by atoms with E-state index in [0.717, 1.165) is 24.3 Å². The van der Waals surface area contributed by atoms with Crippen LogP contribution in [0.25, 0.3) is 0 Å². The lowest BCUT2D eigenvalue weighted by Crippen LogP contribution is -2.48. The van der Waals surface area contributed by atoms with Gasteiger partial charge in [0.1, 0.15) is 5.54 Å². The third-order valence-corrected chi connectivity index (χ3v) is 5.24. The highest BCUT2D eigenvalue weighted by molar-refractivity contribution is 7.99. The molecule has 0 amide bonds. The van der Waals surface area contributed by atoms with Crippen LogP contribution < -0.4 is 5.32 Å². The van der Waals surface area contributed by atoms with Crippen LogP contribution in [-0.2, 0) is 0 Å². The number of thioether (sulfide) groups is 1. The van der Waals surface area contributed by atoms with Crippen molar-refractivity contribution in [2.75, 3.05) is 12.3 Å². The van der Waals surface area contributed by atoms with Gasteiger partial charge in [0.05, 0.1) is 11.1 Å². The molecule has 1 atom stereocenters. The Morgan fingerprint density at radius 1 is 1.47 bits per heavy atom. The van der Waals surface area contributed by atoms with Crippen LogP contribution in [-0.4, -0.2) is 17.8 Å². The first kappa shape index (κ1) is 15.0. The zero-order valence-electron chi connectivity index (χ0n) is 10.7. The van der Waals surface area contributed by atoms with Crippen LogP contribution in [0.15, 0.2) is 23.1 Å². The Morgan fingerprint density at radius 2 is 2.21 bits per heavy atom. The highest BCUT2D eigenvalue weighted by Gasteiger charge is 2.45. The maximum atomic E-state index is 9.54. The van der Waals surface area contributed by atoms with Gasteiger partial charge in [-0.2, -0.15) is 5.26 Å². The van der Waals surface area contributed by atoms with Crippen LogP contribution in [0.4, 0.5) is 0 Å². The van der Waals surface area contributed by atoms with E-state index in [2.05, 4.69) is 11.4 Å². The van der Waals surface area contributed by atoms with Crippen molar-refractivity contribution in [3.8, 4) is 6.07 Å². The molecule has 0 spiro atoms. The van der Waals surface area contributed by atoms with E-state index in [-0.39, 0.29) is 0 Å². The van der Waals surface area contributed by atoms with Crippen LogP contribution in [0.1, 0.15) is 19.8 Å². The molecular formula is C14H16Cl2N2S. The van der Waals surface area contributed by atoms with Crippen molar-refractivity contribution in [1.29, 1.82) is 5.26 Å². The molecule has 1 saturated carbocycles. The van der Waals surface area contributed by atoms with Crippen LogP contribution in [0.3, 0.4) is 0 Å². The number of nitrogens with one attached hydrogen (secondary N) is 1. The van der Waals surface area contributed by atoms with Gasteiger partial charge in [-0.1, -0.05) is 30.1 Å². The molecule has 1 aliphatic rings. The Hall–Kier alpha value is -0.400. The number of hydrogen-bond acceptors (Lipinski definition) is 3. The SMILES string of the molecule is CCNC(C#N)(CSc1cc(Cl)ccc1Cl)C1CC1. The topological polar surface area (TPSA) is 35.8 Å². The Balaban J connectivity index is 2.10. The standard InChI is InChI=1S/C14H16Cl2N2S/c1-2-18-14(8-17,10-3-4-10)9-19-13-7-11(15)5-6-12(13)16/h5-7,10,18H,2-4,9H2,1H3. The Kier molecular flexibility index (Phi) is 5.03. The van der Waals surface area contributed by atoms with E-state index in [4.69, 9.17) is 23.2 Å². The largest absolute Gasteiger partial charge is 0.299 e. The number of nitriles is 1. The minimum atomic E-state index is -0.439. The average molecular weight is 315 g/mol. The van der Waals surface area contributed by atoms with Crippen molar-refractivity contribution < 1.29 is 0 Å². The van der Waals surface area contributed by atoms with E-state index in [9.17, 15) is 5.26 Å². The van der Waals surface area contributed by atoms with Crippen molar-refractivity contribution in [3.05, 3.63) is 28.2 Å². The van der Waals surface area contributed by atoms with Crippen LogP contribution in [0.2, 0.25) is 10.0 Å². The van der Waals surface area contributed by atoms with Gasteiger partial charge in [-0.25, -0.2) is 0 Å². The van der Waals surface area contributed by atoms with Crippen molar-refractivity contribution in [3.63, 3.8) is 0 Å². The molecule has 1 fully saturated rings. The lowest BCUT2D eigenvalue weighted by atomic mass is 9.98. The number of benzene rings is 1. The summed E-state index contributed by atoms with van der Waals surface area (Å²) in [6.07, 6.45) is 2.26. The van der Waals surface area contributed by atoms with E-state index < -0.39 is 5.54 Å². The lowest BCUT2D eigenvalue weighted by molar-refractivity contribution is 0.416. The minimum absolute atomic E-state index is 0.439. The highest BCUT2D eigenvalue weighted by Crippen LogP contribution is 2.43. The van der Waals surface area contributed by atoms with Gasteiger partial charge < -0.3 is 0 Å². The van der Waals surface area contributed by atoms with E-state index in [1.807, 2.05) is 13.0 Å². The molecule has 19 heavy (non-hydrogen) atoms. The van der Waals surface area contributed by atoms with Gasteiger partial charge in [-0.3, -0.25) is 5.32 Å². The van der Waals surface area contributed by atoms with Crippen molar-refractivity contribution in [2.45, 2.75) is 30.2 Å². The van der Waals surface area contributed by atoms with Gasteiger partial charge in [0.25, 0.3) is 0 Å².